The second-order valence-electron chi connectivity index (χ2n) is 4.83. The van der Waals surface area contributed by atoms with E-state index < -0.39 is 10.0 Å². The highest BCUT2D eigenvalue weighted by Crippen LogP contribution is 2.14. The van der Waals surface area contributed by atoms with Gasteiger partial charge in [0.1, 0.15) is 0 Å². The van der Waals surface area contributed by atoms with Gasteiger partial charge in [0, 0.05) is 20.0 Å². The first kappa shape index (κ1) is 16.7. The van der Waals surface area contributed by atoms with E-state index in [1.165, 1.54) is 6.92 Å². The number of carbonyl (C=O) groups excluding carboxylic acids is 1. The second-order valence-corrected chi connectivity index (χ2v) is 6.60. The van der Waals surface area contributed by atoms with Crippen molar-refractivity contribution in [2.45, 2.75) is 38.5 Å². The van der Waals surface area contributed by atoms with Crippen molar-refractivity contribution in [3.8, 4) is 0 Å². The van der Waals surface area contributed by atoms with Crippen LogP contribution in [-0.4, -0.2) is 27.4 Å². The SMILES string of the molecule is CC(=O)NCCCCNS(=O)(=O)c1ccc(C)c(C)c1. The number of sulfonamides is 1. The molecule has 0 aromatic heterocycles. The Kier molecular flexibility index (Phi) is 6.16. The van der Waals surface area contributed by atoms with Crippen molar-refractivity contribution < 1.29 is 13.2 Å². The molecule has 0 fully saturated rings. The number of hydrogen-bond acceptors (Lipinski definition) is 3. The van der Waals surface area contributed by atoms with E-state index in [0.717, 1.165) is 17.5 Å². The van der Waals surface area contributed by atoms with Gasteiger partial charge < -0.3 is 5.32 Å². The van der Waals surface area contributed by atoms with Crippen molar-refractivity contribution >= 4 is 15.9 Å². The number of nitrogens with one attached hydrogen (secondary N) is 2. The zero-order valence-corrected chi connectivity index (χ0v) is 13.0. The van der Waals surface area contributed by atoms with Gasteiger partial charge in [-0.05, 0) is 49.9 Å². The van der Waals surface area contributed by atoms with Crippen LogP contribution in [0.25, 0.3) is 0 Å². The standard InChI is InChI=1S/C14H22N2O3S/c1-11-6-7-14(10-12(11)2)20(18,19)16-9-5-4-8-15-13(3)17/h6-7,10,16H,4-5,8-9H2,1-3H3,(H,15,17). The van der Waals surface area contributed by atoms with Gasteiger partial charge in [-0.1, -0.05) is 6.07 Å². The third-order valence-corrected chi connectivity index (χ3v) is 4.52. The van der Waals surface area contributed by atoms with Gasteiger partial charge in [0.2, 0.25) is 15.9 Å². The molecule has 0 aliphatic heterocycles. The number of rotatable bonds is 7. The highest BCUT2D eigenvalue weighted by molar-refractivity contribution is 7.89. The molecule has 0 heterocycles. The lowest BCUT2D eigenvalue weighted by Gasteiger charge is -2.08. The molecule has 0 spiro atoms. The Hall–Kier alpha value is -1.40. The Morgan fingerprint density at radius 2 is 1.75 bits per heavy atom. The van der Waals surface area contributed by atoms with Crippen molar-refractivity contribution in [1.82, 2.24) is 10.0 Å². The zero-order chi connectivity index (χ0) is 15.2. The normalized spacial score (nSPS) is 11.3. The van der Waals surface area contributed by atoms with Crippen LogP contribution in [0.3, 0.4) is 0 Å². The first-order chi connectivity index (χ1) is 9.33. The maximum absolute atomic E-state index is 12.1. The zero-order valence-electron chi connectivity index (χ0n) is 12.2. The van der Waals surface area contributed by atoms with Gasteiger partial charge in [0.25, 0.3) is 0 Å². The quantitative estimate of drug-likeness (QED) is 0.749. The van der Waals surface area contributed by atoms with Gasteiger partial charge in [0.15, 0.2) is 0 Å². The van der Waals surface area contributed by atoms with Gasteiger partial charge in [-0.2, -0.15) is 0 Å². The number of carbonyl (C=O) groups is 1. The molecule has 0 radical (unpaired) electrons. The lowest BCUT2D eigenvalue weighted by Crippen LogP contribution is -2.26. The van der Waals surface area contributed by atoms with Crippen LogP contribution in [0, 0.1) is 13.8 Å². The number of unbranched alkanes of at least 4 members (excludes halogenated alkanes) is 1. The third-order valence-electron chi connectivity index (χ3n) is 3.06. The van der Waals surface area contributed by atoms with E-state index in [9.17, 15) is 13.2 Å². The predicted octanol–water partition coefficient (Wildman–Crippen LogP) is 1.50. The first-order valence-electron chi connectivity index (χ1n) is 6.64. The number of amides is 1. The second kappa shape index (κ2) is 7.40. The molecular formula is C14H22N2O3S. The number of aryl methyl sites for hydroxylation is 2. The maximum Gasteiger partial charge on any atom is 0.240 e. The van der Waals surface area contributed by atoms with Crippen LogP contribution in [0.4, 0.5) is 0 Å². The smallest absolute Gasteiger partial charge is 0.240 e. The minimum absolute atomic E-state index is 0.0688. The molecule has 112 valence electrons. The van der Waals surface area contributed by atoms with Gasteiger partial charge in [-0.25, -0.2) is 13.1 Å². The Labute approximate surface area is 120 Å². The Morgan fingerprint density at radius 3 is 2.35 bits per heavy atom. The lowest BCUT2D eigenvalue weighted by atomic mass is 10.1. The fourth-order valence-corrected chi connectivity index (χ4v) is 2.84. The Balaban J connectivity index is 2.45. The van der Waals surface area contributed by atoms with E-state index in [4.69, 9.17) is 0 Å². The van der Waals surface area contributed by atoms with E-state index >= 15 is 0 Å². The van der Waals surface area contributed by atoms with Crippen LogP contribution in [-0.2, 0) is 14.8 Å². The average molecular weight is 298 g/mol. The lowest BCUT2D eigenvalue weighted by molar-refractivity contribution is -0.118. The molecule has 2 N–H and O–H groups in total. The maximum atomic E-state index is 12.1. The van der Waals surface area contributed by atoms with Crippen molar-refractivity contribution in [2.24, 2.45) is 0 Å². The largest absolute Gasteiger partial charge is 0.356 e. The summed E-state index contributed by atoms with van der Waals surface area (Å²) >= 11 is 0. The summed E-state index contributed by atoms with van der Waals surface area (Å²) in [6.45, 7) is 6.24. The van der Waals surface area contributed by atoms with Crippen LogP contribution in [0.2, 0.25) is 0 Å². The summed E-state index contributed by atoms with van der Waals surface area (Å²) in [4.78, 5) is 11.0. The number of hydrogen-bond donors (Lipinski definition) is 2. The molecular weight excluding hydrogens is 276 g/mol. The Bertz CT molecular complexity index is 568. The van der Waals surface area contributed by atoms with E-state index in [-0.39, 0.29) is 5.91 Å². The monoisotopic (exact) mass is 298 g/mol. The molecule has 0 saturated carbocycles. The van der Waals surface area contributed by atoms with E-state index in [2.05, 4.69) is 10.0 Å². The van der Waals surface area contributed by atoms with Crippen molar-refractivity contribution in [1.29, 1.82) is 0 Å². The van der Waals surface area contributed by atoms with Crippen LogP contribution >= 0.6 is 0 Å². The van der Waals surface area contributed by atoms with Gasteiger partial charge in [-0.3, -0.25) is 4.79 Å². The molecule has 0 bridgehead atoms. The molecule has 20 heavy (non-hydrogen) atoms. The van der Waals surface area contributed by atoms with Crippen LogP contribution < -0.4 is 10.0 Å². The van der Waals surface area contributed by atoms with Crippen molar-refractivity contribution in [2.75, 3.05) is 13.1 Å². The summed E-state index contributed by atoms with van der Waals surface area (Å²) < 4.78 is 26.7. The number of benzene rings is 1. The topological polar surface area (TPSA) is 75.3 Å². The third kappa shape index (κ3) is 5.30. The molecule has 0 aliphatic rings. The molecule has 0 atom stereocenters. The van der Waals surface area contributed by atoms with E-state index in [1.807, 2.05) is 13.8 Å². The van der Waals surface area contributed by atoms with Crippen molar-refractivity contribution in [3.63, 3.8) is 0 Å². The van der Waals surface area contributed by atoms with Gasteiger partial charge in [-0.15, -0.1) is 0 Å². The van der Waals surface area contributed by atoms with Gasteiger partial charge in [0.05, 0.1) is 4.90 Å². The molecule has 1 aromatic carbocycles. The highest BCUT2D eigenvalue weighted by Gasteiger charge is 2.13. The molecule has 1 amide bonds. The molecule has 5 nitrogen and oxygen atoms in total. The summed E-state index contributed by atoms with van der Waals surface area (Å²) in [6, 6.07) is 5.09. The molecule has 1 aromatic rings. The fraction of sp³-hybridized carbons (Fsp3) is 0.500. The van der Waals surface area contributed by atoms with Crippen molar-refractivity contribution in [3.05, 3.63) is 29.3 Å². The molecule has 0 aliphatic carbocycles. The van der Waals surface area contributed by atoms with Crippen LogP contribution in [0.5, 0.6) is 0 Å². The minimum Gasteiger partial charge on any atom is -0.356 e. The summed E-state index contributed by atoms with van der Waals surface area (Å²) in [5.74, 6) is -0.0688. The minimum atomic E-state index is -3.44. The summed E-state index contributed by atoms with van der Waals surface area (Å²) in [6.07, 6.45) is 1.43. The molecule has 6 heteroatoms. The average Bonchev–Trinajstić information content (AvgIpc) is 2.36. The first-order valence-corrected chi connectivity index (χ1v) is 8.12. The van der Waals surface area contributed by atoms with E-state index in [0.29, 0.717) is 24.4 Å². The van der Waals surface area contributed by atoms with Crippen LogP contribution in [0.15, 0.2) is 23.1 Å². The molecule has 0 unspecified atom stereocenters. The molecule has 1 rings (SSSR count). The predicted molar refractivity (Wildman–Crippen MR) is 79.0 cm³/mol. The summed E-state index contributed by atoms with van der Waals surface area (Å²) in [5, 5.41) is 2.67. The van der Waals surface area contributed by atoms with Crippen LogP contribution in [0.1, 0.15) is 30.9 Å². The highest BCUT2D eigenvalue weighted by atomic mass is 32.2. The van der Waals surface area contributed by atoms with Gasteiger partial charge >= 0.3 is 0 Å². The Morgan fingerprint density at radius 1 is 1.10 bits per heavy atom. The summed E-state index contributed by atoms with van der Waals surface area (Å²) in [7, 11) is -3.44. The van der Waals surface area contributed by atoms with E-state index in [1.54, 1.807) is 18.2 Å². The fourth-order valence-electron chi connectivity index (χ4n) is 1.69. The molecule has 0 saturated heterocycles. The summed E-state index contributed by atoms with van der Waals surface area (Å²) in [5.41, 5.74) is 2.03.